The van der Waals surface area contributed by atoms with E-state index in [1.165, 1.54) is 14.2 Å². The van der Waals surface area contributed by atoms with Gasteiger partial charge in [0, 0.05) is 24.2 Å². The van der Waals surface area contributed by atoms with Gasteiger partial charge in [-0.15, -0.1) is 0 Å². The number of amides is 1. The molecular weight excluding hydrogens is 476 g/mol. The van der Waals surface area contributed by atoms with Crippen LogP contribution in [0.2, 0.25) is 0 Å². The number of aliphatic carboxylic acids is 1. The van der Waals surface area contributed by atoms with Gasteiger partial charge in [-0.25, -0.2) is 0 Å². The predicted molar refractivity (Wildman–Crippen MR) is 138 cm³/mol. The molecule has 0 saturated carbocycles. The zero-order chi connectivity index (χ0) is 26.8. The molecule has 6 N–H and O–H groups in total. The number of amidine groups is 1. The highest BCUT2D eigenvalue weighted by atomic mass is 16.5. The molecule has 3 rings (SSSR count). The van der Waals surface area contributed by atoms with Crippen LogP contribution in [0.4, 0.5) is 5.69 Å². The first-order valence-corrected chi connectivity index (χ1v) is 11.5. The summed E-state index contributed by atoms with van der Waals surface area (Å²) in [6.07, 6.45) is 0.0409. The van der Waals surface area contributed by atoms with E-state index in [2.05, 4.69) is 10.6 Å². The van der Waals surface area contributed by atoms with E-state index in [-0.39, 0.29) is 24.6 Å². The first-order chi connectivity index (χ1) is 17.9. The van der Waals surface area contributed by atoms with Crippen LogP contribution in [0.3, 0.4) is 0 Å². The summed E-state index contributed by atoms with van der Waals surface area (Å²) in [6, 6.07) is 18.5. The monoisotopic (exact) mass is 506 g/mol. The van der Waals surface area contributed by atoms with Crippen molar-refractivity contribution in [3.63, 3.8) is 0 Å². The average Bonchev–Trinajstić information content (AvgIpc) is 2.93. The van der Waals surface area contributed by atoms with E-state index >= 15 is 0 Å². The van der Waals surface area contributed by atoms with E-state index in [4.69, 9.17) is 20.1 Å². The van der Waals surface area contributed by atoms with Gasteiger partial charge in [0.2, 0.25) is 5.91 Å². The summed E-state index contributed by atoms with van der Waals surface area (Å²) < 4.78 is 10.9. The number of methoxy groups -OCH3 is 2. The fourth-order valence-electron chi connectivity index (χ4n) is 3.80. The minimum absolute atomic E-state index is 0.133. The number of hydrogen-bond donors (Lipinski definition) is 6. The van der Waals surface area contributed by atoms with Crippen LogP contribution in [0.5, 0.6) is 11.5 Å². The number of carbonyl (C=O) groups is 2. The predicted octanol–water partition coefficient (Wildman–Crippen LogP) is 3.49. The van der Waals surface area contributed by atoms with Gasteiger partial charge in [-0.1, -0.05) is 30.3 Å². The molecule has 1 unspecified atom stereocenters. The molecule has 0 aliphatic heterocycles. The number of hydrogen-bond acceptors (Lipinski definition) is 7. The SMILES string of the molecule is COc1cc(CCC(=O)O)c(C(Nc2ccc(C(=N)NO)cc2)C(=O)NCc2ccccc2)cc1OC. The Hall–Kier alpha value is -4.57. The lowest BCUT2D eigenvalue weighted by Gasteiger charge is -2.24. The number of hydroxylamine groups is 1. The van der Waals surface area contributed by atoms with Crippen molar-refractivity contribution in [1.29, 1.82) is 5.41 Å². The van der Waals surface area contributed by atoms with E-state index in [1.54, 1.807) is 41.9 Å². The van der Waals surface area contributed by atoms with Crippen molar-refractivity contribution in [2.24, 2.45) is 0 Å². The molecule has 0 aromatic heterocycles. The van der Waals surface area contributed by atoms with Crippen LogP contribution in [-0.4, -0.2) is 42.2 Å². The molecule has 0 radical (unpaired) electrons. The Bertz CT molecular complexity index is 1230. The molecule has 1 atom stereocenters. The fourth-order valence-corrected chi connectivity index (χ4v) is 3.80. The van der Waals surface area contributed by atoms with Crippen LogP contribution in [-0.2, 0) is 22.6 Å². The fraction of sp³-hybridized carbons (Fsp3) is 0.222. The second kappa shape index (κ2) is 12.9. The van der Waals surface area contributed by atoms with Crippen LogP contribution in [0.1, 0.15) is 34.7 Å². The van der Waals surface area contributed by atoms with Gasteiger partial charge >= 0.3 is 5.97 Å². The van der Waals surface area contributed by atoms with Gasteiger partial charge in [0.05, 0.1) is 14.2 Å². The summed E-state index contributed by atoms with van der Waals surface area (Å²) in [6.45, 7) is 0.299. The Morgan fingerprint density at radius 2 is 1.62 bits per heavy atom. The van der Waals surface area contributed by atoms with E-state index in [0.717, 1.165) is 5.56 Å². The van der Waals surface area contributed by atoms with Crippen molar-refractivity contribution in [2.45, 2.75) is 25.4 Å². The number of rotatable bonds is 12. The van der Waals surface area contributed by atoms with Gasteiger partial charge in [0.15, 0.2) is 11.5 Å². The average molecular weight is 507 g/mol. The highest BCUT2D eigenvalue weighted by Gasteiger charge is 2.26. The molecule has 3 aromatic rings. The molecule has 0 aliphatic carbocycles. The largest absolute Gasteiger partial charge is 0.493 e. The molecule has 10 nitrogen and oxygen atoms in total. The van der Waals surface area contributed by atoms with Crippen LogP contribution < -0.4 is 25.6 Å². The molecule has 0 aliphatic rings. The van der Waals surface area contributed by atoms with Gasteiger partial charge < -0.3 is 25.2 Å². The molecule has 0 spiro atoms. The second-order valence-corrected chi connectivity index (χ2v) is 8.14. The van der Waals surface area contributed by atoms with Gasteiger partial charge in [-0.2, -0.15) is 0 Å². The highest BCUT2D eigenvalue weighted by Crippen LogP contribution is 2.35. The molecular formula is C27H30N4O6. The summed E-state index contributed by atoms with van der Waals surface area (Å²) in [5, 5.41) is 32.1. The van der Waals surface area contributed by atoms with Crippen LogP contribution in [0.15, 0.2) is 66.7 Å². The Kier molecular flexibility index (Phi) is 9.45. The van der Waals surface area contributed by atoms with E-state index in [0.29, 0.717) is 40.4 Å². The van der Waals surface area contributed by atoms with Crippen molar-refractivity contribution in [2.75, 3.05) is 19.5 Å². The lowest BCUT2D eigenvalue weighted by molar-refractivity contribution is -0.137. The first kappa shape index (κ1) is 27.0. The topological polar surface area (TPSA) is 153 Å². The normalized spacial score (nSPS) is 11.2. The minimum atomic E-state index is -0.964. The zero-order valence-corrected chi connectivity index (χ0v) is 20.6. The molecule has 3 aromatic carbocycles. The third-order valence-electron chi connectivity index (χ3n) is 5.73. The summed E-state index contributed by atoms with van der Waals surface area (Å²) >= 11 is 0. The number of nitrogens with one attached hydrogen (secondary N) is 4. The smallest absolute Gasteiger partial charge is 0.303 e. The molecule has 0 bridgehead atoms. The molecule has 37 heavy (non-hydrogen) atoms. The summed E-state index contributed by atoms with van der Waals surface area (Å²) in [7, 11) is 2.97. The molecule has 0 saturated heterocycles. The molecule has 0 heterocycles. The number of aryl methyl sites for hydroxylation is 1. The number of carboxylic acid groups (broad SMARTS) is 1. The standard InChI is InChI=1S/C27H30N4O6/c1-36-22-14-19(10-13-24(32)33)21(15-23(22)37-2)25(27(34)29-16-17-6-4-3-5-7-17)30-20-11-8-18(9-12-20)26(28)31-35/h3-9,11-12,14-15,25,30,35H,10,13,16H2,1-2H3,(H2,28,31)(H,29,34)(H,32,33). The van der Waals surface area contributed by atoms with Crippen molar-refractivity contribution < 1.29 is 29.4 Å². The van der Waals surface area contributed by atoms with Crippen LogP contribution in [0.25, 0.3) is 0 Å². The number of ether oxygens (including phenoxy) is 2. The maximum absolute atomic E-state index is 13.5. The van der Waals surface area contributed by atoms with E-state index in [1.807, 2.05) is 30.3 Å². The third kappa shape index (κ3) is 7.21. The lowest BCUT2D eigenvalue weighted by Crippen LogP contribution is -2.34. The number of carbonyl (C=O) groups excluding carboxylic acids is 1. The molecule has 0 fully saturated rings. The molecule has 194 valence electrons. The van der Waals surface area contributed by atoms with Gasteiger partial charge in [-0.3, -0.25) is 25.7 Å². The van der Waals surface area contributed by atoms with Crippen molar-refractivity contribution >= 4 is 23.4 Å². The Balaban J connectivity index is 2.01. The highest BCUT2D eigenvalue weighted by molar-refractivity contribution is 5.96. The van der Waals surface area contributed by atoms with Gasteiger partial charge in [0.25, 0.3) is 0 Å². The van der Waals surface area contributed by atoms with Crippen molar-refractivity contribution in [3.05, 3.63) is 89.0 Å². The number of benzene rings is 3. The molecule has 1 amide bonds. The van der Waals surface area contributed by atoms with Crippen LogP contribution >= 0.6 is 0 Å². The maximum Gasteiger partial charge on any atom is 0.303 e. The van der Waals surface area contributed by atoms with Crippen LogP contribution in [0, 0.1) is 5.41 Å². The lowest BCUT2D eigenvalue weighted by atomic mass is 9.95. The van der Waals surface area contributed by atoms with E-state index < -0.39 is 12.0 Å². The summed E-state index contributed by atoms with van der Waals surface area (Å²) in [5.41, 5.74) is 4.91. The maximum atomic E-state index is 13.5. The number of carboxylic acids is 1. The Morgan fingerprint density at radius 1 is 0.973 bits per heavy atom. The van der Waals surface area contributed by atoms with Crippen molar-refractivity contribution in [3.8, 4) is 11.5 Å². The summed E-state index contributed by atoms with van der Waals surface area (Å²) in [5.74, 6) is -0.637. The number of anilines is 1. The Morgan fingerprint density at radius 3 is 2.22 bits per heavy atom. The molecule has 10 heteroatoms. The summed E-state index contributed by atoms with van der Waals surface area (Å²) in [4.78, 5) is 24.9. The van der Waals surface area contributed by atoms with E-state index in [9.17, 15) is 14.7 Å². The second-order valence-electron chi connectivity index (χ2n) is 8.14. The van der Waals surface area contributed by atoms with Crippen molar-refractivity contribution in [1.82, 2.24) is 10.8 Å². The Labute approximate surface area is 214 Å². The zero-order valence-electron chi connectivity index (χ0n) is 20.6. The van der Waals surface area contributed by atoms with Gasteiger partial charge in [0.1, 0.15) is 11.9 Å². The third-order valence-corrected chi connectivity index (χ3v) is 5.73. The van der Waals surface area contributed by atoms with Gasteiger partial charge in [-0.05, 0) is 59.5 Å². The quantitative estimate of drug-likeness (QED) is 0.124. The first-order valence-electron chi connectivity index (χ1n) is 11.5. The minimum Gasteiger partial charge on any atom is -0.493 e.